The first-order valence-corrected chi connectivity index (χ1v) is 5.51. The average Bonchev–Trinajstić information content (AvgIpc) is 2.39. The number of rotatable bonds is 2. The maximum absolute atomic E-state index is 11.2. The van der Waals surface area contributed by atoms with Crippen LogP contribution in [0.4, 0.5) is 5.69 Å². The van der Waals surface area contributed by atoms with Crippen molar-refractivity contribution in [2.75, 3.05) is 0 Å². The van der Waals surface area contributed by atoms with Crippen LogP contribution in [-0.2, 0) is 19.5 Å². The predicted molar refractivity (Wildman–Crippen MR) is 70.4 cm³/mol. The van der Waals surface area contributed by atoms with E-state index < -0.39 is 11.9 Å². The van der Waals surface area contributed by atoms with Crippen molar-refractivity contribution in [1.29, 1.82) is 0 Å². The van der Waals surface area contributed by atoms with Gasteiger partial charge in [-0.25, -0.2) is 10.1 Å². The van der Waals surface area contributed by atoms with E-state index in [9.17, 15) is 9.90 Å². The Bertz CT molecular complexity index is 640. The van der Waals surface area contributed by atoms with Crippen LogP contribution in [-0.4, -0.2) is 21.9 Å². The summed E-state index contributed by atoms with van der Waals surface area (Å²) in [6.07, 6.45) is 6.42. The van der Waals surface area contributed by atoms with Gasteiger partial charge in [0.1, 0.15) is 5.56 Å². The fourth-order valence-electron chi connectivity index (χ4n) is 1.66. The number of allylic oxidation sites excluding steroid dienone is 5. The van der Waals surface area contributed by atoms with E-state index in [0.29, 0.717) is 11.4 Å². The van der Waals surface area contributed by atoms with Crippen molar-refractivity contribution >= 4 is 17.4 Å². The third kappa shape index (κ3) is 3.42. The summed E-state index contributed by atoms with van der Waals surface area (Å²) in [6.45, 7) is 0. The van der Waals surface area contributed by atoms with Gasteiger partial charge in [-0.3, -0.25) is 0 Å². The number of aliphatic imine (C=N–C) groups is 1. The van der Waals surface area contributed by atoms with Crippen molar-refractivity contribution in [2.45, 2.75) is 0 Å². The molecule has 6 heteroatoms. The second-order valence-electron chi connectivity index (χ2n) is 3.80. The van der Waals surface area contributed by atoms with Gasteiger partial charge >= 0.3 is 31.4 Å². The molecule has 96 valence electrons. The first-order chi connectivity index (χ1) is 9.09. The Morgan fingerprint density at radius 3 is 2.40 bits per heavy atom. The van der Waals surface area contributed by atoms with Gasteiger partial charge < -0.3 is 10.2 Å². The number of carbonyl (C=O) groups is 1. The van der Waals surface area contributed by atoms with E-state index in [4.69, 9.17) is 10.2 Å². The molecule has 0 aromatic heterocycles. The number of benzene rings is 1. The van der Waals surface area contributed by atoms with Gasteiger partial charge in [0.05, 0.1) is 17.0 Å². The summed E-state index contributed by atoms with van der Waals surface area (Å²) in [4.78, 5) is 15.4. The van der Waals surface area contributed by atoms with Crippen LogP contribution >= 0.6 is 0 Å². The van der Waals surface area contributed by atoms with E-state index in [1.54, 1.807) is 36.4 Å². The molecule has 20 heavy (non-hydrogen) atoms. The zero-order valence-corrected chi connectivity index (χ0v) is 13.6. The number of nitrogens with zero attached hydrogens (tertiary/aromatic N) is 1. The summed E-state index contributed by atoms with van der Waals surface area (Å²) in [5, 5.41) is 25.5. The number of hydrogen-bond donors (Lipinski definition) is 0. The molecule has 0 saturated heterocycles. The SMILES string of the molecule is O=C([OH2+])c1ccccc1N=C1C=CC=C/C1=C(/[O-])[OH2+].[Zn+2]. The second kappa shape index (κ2) is 6.82. The molecule has 0 radical (unpaired) electrons. The van der Waals surface area contributed by atoms with E-state index in [0.717, 1.165) is 0 Å². The molecule has 1 aromatic rings. The van der Waals surface area contributed by atoms with E-state index in [1.807, 2.05) is 0 Å². The molecular formula is C14H12NO4Zn+3. The summed E-state index contributed by atoms with van der Waals surface area (Å²) >= 11 is 0. The van der Waals surface area contributed by atoms with Crippen LogP contribution in [0.5, 0.6) is 0 Å². The number of carbonyl (C=O) groups excluding carboxylic acids is 1. The summed E-state index contributed by atoms with van der Waals surface area (Å²) < 4.78 is 0. The van der Waals surface area contributed by atoms with Crippen LogP contribution in [0.25, 0.3) is 0 Å². The standard InChI is InChI=1S/C14H11NO4.Zn/c16-13(17)9-5-1-3-7-11(9)15-12-8-4-2-6-10(12)14(18)19;/h1-8,16-17H,(H,18,19);/q;+2/p+1. The summed E-state index contributed by atoms with van der Waals surface area (Å²) in [5.74, 6) is -1.68. The van der Waals surface area contributed by atoms with E-state index in [2.05, 4.69) is 4.99 Å². The molecule has 0 aliphatic heterocycles. The molecule has 4 N–H and O–H groups in total. The Balaban J connectivity index is 0.00000200. The van der Waals surface area contributed by atoms with Crippen molar-refractivity contribution in [3.63, 3.8) is 0 Å². The third-order valence-corrected chi connectivity index (χ3v) is 2.54. The summed E-state index contributed by atoms with van der Waals surface area (Å²) in [6, 6.07) is 6.42. The van der Waals surface area contributed by atoms with Crippen molar-refractivity contribution in [3.05, 3.63) is 65.7 Å². The molecule has 1 aliphatic rings. The monoisotopic (exact) mass is 322 g/mol. The van der Waals surface area contributed by atoms with Crippen LogP contribution in [0, 0.1) is 0 Å². The Morgan fingerprint density at radius 2 is 1.75 bits per heavy atom. The minimum absolute atomic E-state index is 0. The molecule has 0 saturated carbocycles. The molecule has 0 heterocycles. The molecule has 1 aliphatic carbocycles. The van der Waals surface area contributed by atoms with E-state index in [1.165, 1.54) is 12.1 Å². The van der Waals surface area contributed by atoms with E-state index >= 15 is 0 Å². The molecule has 1 aromatic carbocycles. The topological polar surface area (TPSA) is 98.3 Å². The molecule has 0 bridgehead atoms. The fourth-order valence-corrected chi connectivity index (χ4v) is 1.66. The Labute approximate surface area is 128 Å². The van der Waals surface area contributed by atoms with Crippen molar-refractivity contribution in [3.8, 4) is 0 Å². The first kappa shape index (κ1) is 15.9. The molecule has 5 nitrogen and oxygen atoms in total. The second-order valence-corrected chi connectivity index (χ2v) is 3.80. The molecule has 0 fully saturated rings. The third-order valence-electron chi connectivity index (χ3n) is 2.54. The van der Waals surface area contributed by atoms with Gasteiger partial charge in [0.2, 0.25) is 0 Å². The average molecular weight is 324 g/mol. The molecular weight excluding hydrogens is 312 g/mol. The normalized spacial score (nSPS) is 17.7. The summed E-state index contributed by atoms with van der Waals surface area (Å²) in [7, 11) is 0. The Morgan fingerprint density at radius 1 is 1.10 bits per heavy atom. The first-order valence-electron chi connectivity index (χ1n) is 5.51. The van der Waals surface area contributed by atoms with Gasteiger partial charge in [0, 0.05) is 4.79 Å². The van der Waals surface area contributed by atoms with Crippen LogP contribution in [0.15, 0.2) is 65.1 Å². The van der Waals surface area contributed by atoms with Crippen molar-refractivity contribution in [2.24, 2.45) is 4.99 Å². The fraction of sp³-hybridized carbons (Fsp3) is 0. The van der Waals surface area contributed by atoms with Gasteiger partial charge in [-0.1, -0.05) is 24.3 Å². The van der Waals surface area contributed by atoms with E-state index in [-0.39, 0.29) is 30.6 Å². The number of para-hydroxylation sites is 1. The van der Waals surface area contributed by atoms with Gasteiger partial charge in [-0.15, -0.1) is 0 Å². The molecule has 0 spiro atoms. The molecule has 0 amide bonds. The minimum atomic E-state index is -0.839. The molecule has 0 unspecified atom stereocenters. The Kier molecular flexibility index (Phi) is 5.41. The summed E-state index contributed by atoms with van der Waals surface area (Å²) in [5.41, 5.74) is 0.955. The van der Waals surface area contributed by atoms with Crippen LogP contribution in [0.3, 0.4) is 0 Å². The zero-order chi connectivity index (χ0) is 13.8. The number of hydrogen-bond acceptors (Lipinski definition) is 3. The zero-order valence-electron chi connectivity index (χ0n) is 10.6. The van der Waals surface area contributed by atoms with Crippen LogP contribution < -0.4 is 5.11 Å². The predicted octanol–water partition coefficient (Wildman–Crippen LogP) is 0.0439. The van der Waals surface area contributed by atoms with Crippen LogP contribution in [0.1, 0.15) is 10.4 Å². The Hall–Kier alpha value is -2.20. The molecule has 2 rings (SSSR count). The van der Waals surface area contributed by atoms with Crippen LogP contribution in [0.2, 0.25) is 0 Å². The van der Waals surface area contributed by atoms with Crippen molar-refractivity contribution < 1.29 is 39.6 Å². The maximum Gasteiger partial charge on any atom is 2.00 e. The minimum Gasteiger partial charge on any atom is -0.615 e. The van der Waals surface area contributed by atoms with Gasteiger partial charge in [-0.2, -0.15) is 0 Å². The van der Waals surface area contributed by atoms with Gasteiger partial charge in [0.15, 0.2) is 0 Å². The largest absolute Gasteiger partial charge is 2.00 e. The molecule has 0 atom stereocenters. The van der Waals surface area contributed by atoms with Gasteiger partial charge in [0.25, 0.3) is 0 Å². The van der Waals surface area contributed by atoms with Gasteiger partial charge in [-0.05, 0) is 24.3 Å². The smallest absolute Gasteiger partial charge is 0.615 e. The van der Waals surface area contributed by atoms with Crippen molar-refractivity contribution in [1.82, 2.24) is 0 Å². The maximum atomic E-state index is 11.2. The quantitative estimate of drug-likeness (QED) is 0.436.